The lowest BCUT2D eigenvalue weighted by atomic mass is 10.1. The largest absolute Gasteiger partial charge is 0.380 e. The molecule has 18 heavy (non-hydrogen) atoms. The maximum Gasteiger partial charge on any atom is 0.250 e. The van der Waals surface area contributed by atoms with Gasteiger partial charge in [-0.3, -0.25) is 4.79 Å². The zero-order chi connectivity index (χ0) is 13.1. The molecule has 0 aliphatic carbocycles. The molecule has 1 N–H and O–H groups in total. The molecule has 0 aliphatic heterocycles. The van der Waals surface area contributed by atoms with E-state index in [1.165, 1.54) is 22.8 Å². The van der Waals surface area contributed by atoms with E-state index in [4.69, 9.17) is 0 Å². The van der Waals surface area contributed by atoms with Gasteiger partial charge in [0, 0.05) is 25.9 Å². The number of pyridine rings is 1. The van der Waals surface area contributed by atoms with Gasteiger partial charge in [-0.15, -0.1) is 0 Å². The molecule has 1 heterocycles. The first-order valence-electron chi connectivity index (χ1n) is 5.72. The molecule has 3 nitrogen and oxygen atoms in total. The first-order valence-corrected chi connectivity index (χ1v) is 5.72. The second-order valence-corrected chi connectivity index (χ2v) is 4.29. The topological polar surface area (TPSA) is 34.0 Å². The Balaban J connectivity index is 2.11. The molecule has 1 aromatic heterocycles. The van der Waals surface area contributed by atoms with Gasteiger partial charge in [-0.1, -0.05) is 6.07 Å². The van der Waals surface area contributed by atoms with E-state index in [0.717, 1.165) is 16.8 Å². The van der Waals surface area contributed by atoms with E-state index in [1.807, 2.05) is 6.92 Å². The third-order valence-corrected chi connectivity index (χ3v) is 2.87. The molecule has 0 fully saturated rings. The van der Waals surface area contributed by atoms with Crippen molar-refractivity contribution in [1.82, 2.24) is 4.57 Å². The fourth-order valence-corrected chi connectivity index (χ4v) is 1.75. The SMILES string of the molecule is Cc1cc(F)ccc1CNc1ccc(=O)n(C)c1. The zero-order valence-electron chi connectivity index (χ0n) is 10.4. The van der Waals surface area contributed by atoms with E-state index in [-0.39, 0.29) is 11.4 Å². The van der Waals surface area contributed by atoms with Crippen molar-refractivity contribution in [3.63, 3.8) is 0 Å². The molecule has 94 valence electrons. The lowest BCUT2D eigenvalue weighted by Gasteiger charge is -2.10. The molecule has 0 saturated heterocycles. The van der Waals surface area contributed by atoms with Crippen molar-refractivity contribution in [3.8, 4) is 0 Å². The number of benzene rings is 1. The zero-order valence-corrected chi connectivity index (χ0v) is 10.4. The molecule has 0 atom stereocenters. The minimum Gasteiger partial charge on any atom is -0.380 e. The van der Waals surface area contributed by atoms with Crippen molar-refractivity contribution in [2.45, 2.75) is 13.5 Å². The Kier molecular flexibility index (Phi) is 3.46. The third-order valence-electron chi connectivity index (χ3n) is 2.87. The van der Waals surface area contributed by atoms with Gasteiger partial charge in [0.1, 0.15) is 5.82 Å². The molecular formula is C14H15FN2O. The Hall–Kier alpha value is -2.10. The van der Waals surface area contributed by atoms with Gasteiger partial charge in [0.05, 0.1) is 5.69 Å². The Morgan fingerprint density at radius 2 is 2.06 bits per heavy atom. The van der Waals surface area contributed by atoms with E-state index in [0.29, 0.717) is 6.54 Å². The van der Waals surface area contributed by atoms with Crippen LogP contribution in [-0.4, -0.2) is 4.57 Å². The van der Waals surface area contributed by atoms with Gasteiger partial charge in [-0.25, -0.2) is 4.39 Å². The average molecular weight is 246 g/mol. The molecule has 0 aliphatic rings. The quantitative estimate of drug-likeness (QED) is 0.902. The number of hydrogen-bond acceptors (Lipinski definition) is 2. The summed E-state index contributed by atoms with van der Waals surface area (Å²) < 4.78 is 14.5. The van der Waals surface area contributed by atoms with Gasteiger partial charge in [0.15, 0.2) is 0 Å². The van der Waals surface area contributed by atoms with Crippen molar-refractivity contribution in [2.75, 3.05) is 5.32 Å². The molecule has 2 rings (SSSR count). The highest BCUT2D eigenvalue weighted by atomic mass is 19.1. The minimum absolute atomic E-state index is 0.0430. The van der Waals surface area contributed by atoms with Crippen molar-refractivity contribution < 1.29 is 4.39 Å². The first kappa shape index (κ1) is 12.4. The summed E-state index contributed by atoms with van der Waals surface area (Å²) in [5.41, 5.74) is 2.76. The first-order chi connectivity index (χ1) is 8.56. The van der Waals surface area contributed by atoms with Crippen LogP contribution in [0, 0.1) is 12.7 Å². The van der Waals surface area contributed by atoms with E-state index >= 15 is 0 Å². The molecule has 0 unspecified atom stereocenters. The Morgan fingerprint density at radius 3 is 2.72 bits per heavy atom. The summed E-state index contributed by atoms with van der Waals surface area (Å²) in [6.07, 6.45) is 1.74. The van der Waals surface area contributed by atoms with Crippen LogP contribution in [0.2, 0.25) is 0 Å². The fraction of sp³-hybridized carbons (Fsp3) is 0.214. The van der Waals surface area contributed by atoms with Crippen LogP contribution in [0.1, 0.15) is 11.1 Å². The Labute approximate surface area is 105 Å². The highest BCUT2D eigenvalue weighted by Crippen LogP contribution is 2.12. The Bertz CT molecular complexity index is 619. The predicted octanol–water partition coefficient (Wildman–Crippen LogP) is 2.44. The summed E-state index contributed by atoms with van der Waals surface area (Å²) in [5, 5.41) is 3.21. The van der Waals surface area contributed by atoms with E-state index in [2.05, 4.69) is 5.32 Å². The molecule has 0 amide bonds. The second kappa shape index (κ2) is 5.04. The Morgan fingerprint density at radius 1 is 1.28 bits per heavy atom. The predicted molar refractivity (Wildman–Crippen MR) is 70.1 cm³/mol. The summed E-state index contributed by atoms with van der Waals surface area (Å²) in [5.74, 6) is -0.224. The number of aromatic nitrogens is 1. The van der Waals surface area contributed by atoms with Gasteiger partial charge in [-0.05, 0) is 36.2 Å². The van der Waals surface area contributed by atoms with Crippen LogP contribution in [0.4, 0.5) is 10.1 Å². The van der Waals surface area contributed by atoms with Gasteiger partial charge in [0.2, 0.25) is 5.56 Å². The minimum atomic E-state index is -0.224. The molecular weight excluding hydrogens is 231 g/mol. The van der Waals surface area contributed by atoms with Gasteiger partial charge < -0.3 is 9.88 Å². The van der Waals surface area contributed by atoms with E-state index < -0.39 is 0 Å². The second-order valence-electron chi connectivity index (χ2n) is 4.29. The van der Waals surface area contributed by atoms with Crippen LogP contribution in [0.3, 0.4) is 0 Å². The average Bonchev–Trinajstić information content (AvgIpc) is 2.32. The van der Waals surface area contributed by atoms with Crippen molar-refractivity contribution in [2.24, 2.45) is 7.05 Å². The third kappa shape index (κ3) is 2.77. The number of aryl methyl sites for hydroxylation is 2. The number of halogens is 1. The molecule has 0 saturated carbocycles. The van der Waals surface area contributed by atoms with Crippen LogP contribution in [0.5, 0.6) is 0 Å². The molecule has 2 aromatic rings. The summed E-state index contributed by atoms with van der Waals surface area (Å²) >= 11 is 0. The number of rotatable bonds is 3. The summed E-state index contributed by atoms with van der Waals surface area (Å²) in [6.45, 7) is 2.48. The van der Waals surface area contributed by atoms with Crippen LogP contribution in [-0.2, 0) is 13.6 Å². The van der Waals surface area contributed by atoms with Crippen LogP contribution in [0.25, 0.3) is 0 Å². The molecule has 4 heteroatoms. The van der Waals surface area contributed by atoms with Crippen LogP contribution >= 0.6 is 0 Å². The van der Waals surface area contributed by atoms with E-state index in [9.17, 15) is 9.18 Å². The lowest BCUT2D eigenvalue weighted by molar-refractivity contribution is 0.625. The van der Waals surface area contributed by atoms with Crippen molar-refractivity contribution in [3.05, 3.63) is 63.8 Å². The van der Waals surface area contributed by atoms with Gasteiger partial charge in [-0.2, -0.15) is 0 Å². The van der Waals surface area contributed by atoms with Crippen molar-refractivity contribution in [1.29, 1.82) is 0 Å². The molecule has 0 spiro atoms. The standard InChI is InChI=1S/C14H15FN2O/c1-10-7-12(15)4-3-11(10)8-16-13-5-6-14(18)17(2)9-13/h3-7,9,16H,8H2,1-2H3. The number of nitrogens with zero attached hydrogens (tertiary/aromatic N) is 1. The van der Waals surface area contributed by atoms with Gasteiger partial charge in [0.25, 0.3) is 0 Å². The van der Waals surface area contributed by atoms with Crippen LogP contribution < -0.4 is 10.9 Å². The van der Waals surface area contributed by atoms with Crippen LogP contribution in [0.15, 0.2) is 41.3 Å². The summed E-state index contributed by atoms with van der Waals surface area (Å²) in [4.78, 5) is 11.2. The fourth-order valence-electron chi connectivity index (χ4n) is 1.75. The number of hydrogen-bond donors (Lipinski definition) is 1. The number of anilines is 1. The highest BCUT2D eigenvalue weighted by Gasteiger charge is 2.00. The highest BCUT2D eigenvalue weighted by molar-refractivity contribution is 5.42. The summed E-state index contributed by atoms with van der Waals surface area (Å²) in [6, 6.07) is 7.98. The number of nitrogens with one attached hydrogen (secondary N) is 1. The molecule has 0 radical (unpaired) electrons. The monoisotopic (exact) mass is 246 g/mol. The van der Waals surface area contributed by atoms with Gasteiger partial charge >= 0.3 is 0 Å². The normalized spacial score (nSPS) is 10.4. The van der Waals surface area contributed by atoms with E-state index in [1.54, 1.807) is 25.4 Å². The molecule has 1 aromatic carbocycles. The smallest absolute Gasteiger partial charge is 0.250 e. The summed E-state index contributed by atoms with van der Waals surface area (Å²) in [7, 11) is 1.71. The maximum absolute atomic E-state index is 12.9. The maximum atomic E-state index is 12.9. The molecule has 0 bridgehead atoms. The van der Waals surface area contributed by atoms with Crippen molar-refractivity contribution >= 4 is 5.69 Å². The lowest BCUT2D eigenvalue weighted by Crippen LogP contribution is -2.15.